The maximum absolute atomic E-state index is 13.7. The SMILES string of the molecule is Cc1nc(C(=O)N[C@H](C)C(F)(F)F)nc2c1N1CCC[C@@H](C1)N2C(=O)Nc1cc(OC[C@H]2COC(C)(C)O2)ccn1. The minimum absolute atomic E-state index is 0.157. The van der Waals surface area contributed by atoms with Gasteiger partial charge in [0.2, 0.25) is 5.82 Å². The van der Waals surface area contributed by atoms with Crippen LogP contribution in [0.5, 0.6) is 5.75 Å². The van der Waals surface area contributed by atoms with E-state index in [-0.39, 0.29) is 30.4 Å². The smallest absolute Gasteiger partial charge is 0.408 e. The van der Waals surface area contributed by atoms with Gasteiger partial charge in [0.25, 0.3) is 5.91 Å². The van der Waals surface area contributed by atoms with Crippen molar-refractivity contribution in [3.8, 4) is 5.75 Å². The largest absolute Gasteiger partial charge is 0.491 e. The van der Waals surface area contributed by atoms with Crippen molar-refractivity contribution in [2.45, 2.75) is 70.7 Å². The molecule has 12 nitrogen and oxygen atoms in total. The number of hydrogen-bond acceptors (Lipinski definition) is 9. The first kappa shape index (κ1) is 28.8. The van der Waals surface area contributed by atoms with Crippen LogP contribution in [0, 0.1) is 6.92 Å². The van der Waals surface area contributed by atoms with Gasteiger partial charge in [-0.25, -0.2) is 19.7 Å². The highest BCUT2D eigenvalue weighted by molar-refractivity contribution is 6.04. The maximum atomic E-state index is 13.7. The Morgan fingerprint density at radius 1 is 1.29 bits per heavy atom. The first-order valence-electron chi connectivity index (χ1n) is 13.3. The molecule has 3 amide bonds. The Morgan fingerprint density at radius 2 is 2.07 bits per heavy atom. The number of alkyl halides is 3. The van der Waals surface area contributed by atoms with E-state index in [1.54, 1.807) is 19.1 Å². The van der Waals surface area contributed by atoms with Crippen LogP contribution in [0.1, 0.15) is 49.9 Å². The number of aryl methyl sites for hydroxylation is 1. The molecule has 0 unspecified atom stereocenters. The van der Waals surface area contributed by atoms with Gasteiger partial charge >= 0.3 is 12.2 Å². The molecule has 0 aliphatic carbocycles. The molecule has 0 saturated carbocycles. The van der Waals surface area contributed by atoms with Crippen molar-refractivity contribution in [1.29, 1.82) is 0 Å². The van der Waals surface area contributed by atoms with Crippen molar-refractivity contribution in [1.82, 2.24) is 20.3 Å². The van der Waals surface area contributed by atoms with Crippen LogP contribution in [0.4, 0.5) is 35.3 Å². The predicted octanol–water partition coefficient (Wildman–Crippen LogP) is 3.41. The van der Waals surface area contributed by atoms with Gasteiger partial charge in [-0.3, -0.25) is 15.0 Å². The third kappa shape index (κ3) is 6.30. The number of rotatable bonds is 6. The third-order valence-corrected chi connectivity index (χ3v) is 7.08. The molecule has 3 atom stereocenters. The van der Waals surface area contributed by atoms with E-state index < -0.39 is 35.8 Å². The number of carbonyl (C=O) groups is 2. The number of pyridine rings is 1. The molecule has 222 valence electrons. The molecule has 2 fully saturated rings. The van der Waals surface area contributed by atoms with E-state index in [0.717, 1.165) is 13.3 Å². The summed E-state index contributed by atoms with van der Waals surface area (Å²) < 4.78 is 56.3. The number of fused-ring (bicyclic) bond motifs is 4. The Labute approximate surface area is 234 Å². The van der Waals surface area contributed by atoms with Crippen molar-refractivity contribution in [3.05, 3.63) is 29.8 Å². The molecular formula is C26H32F3N7O5. The lowest BCUT2D eigenvalue weighted by Gasteiger charge is -2.46. The van der Waals surface area contributed by atoms with Gasteiger partial charge in [0.1, 0.15) is 36.0 Å². The van der Waals surface area contributed by atoms with Gasteiger partial charge in [-0.15, -0.1) is 0 Å². The lowest BCUT2D eigenvalue weighted by atomic mass is 9.99. The van der Waals surface area contributed by atoms with E-state index in [1.165, 1.54) is 11.1 Å². The summed E-state index contributed by atoms with van der Waals surface area (Å²) in [4.78, 5) is 42.5. The molecule has 0 aromatic carbocycles. The average molecular weight is 580 g/mol. The summed E-state index contributed by atoms with van der Waals surface area (Å²) in [5.41, 5.74) is 0.941. The quantitative estimate of drug-likeness (QED) is 0.529. The number of aromatic nitrogens is 3. The number of hydrogen-bond donors (Lipinski definition) is 2. The molecule has 3 aliphatic rings. The van der Waals surface area contributed by atoms with Crippen LogP contribution in [-0.2, 0) is 9.47 Å². The van der Waals surface area contributed by atoms with Crippen LogP contribution in [0.2, 0.25) is 0 Å². The average Bonchev–Trinajstić information content (AvgIpc) is 3.25. The molecule has 2 bridgehead atoms. The van der Waals surface area contributed by atoms with Gasteiger partial charge in [0.05, 0.1) is 18.3 Å². The van der Waals surface area contributed by atoms with E-state index in [2.05, 4.69) is 20.3 Å². The number of nitrogens with one attached hydrogen (secondary N) is 2. The zero-order valence-electron chi connectivity index (χ0n) is 23.1. The molecule has 3 aliphatic heterocycles. The second-order valence-corrected chi connectivity index (χ2v) is 10.7. The monoisotopic (exact) mass is 579 g/mol. The second-order valence-electron chi connectivity index (χ2n) is 10.7. The fourth-order valence-corrected chi connectivity index (χ4v) is 5.11. The summed E-state index contributed by atoms with van der Waals surface area (Å²) in [5, 5.41) is 4.65. The fourth-order valence-electron chi connectivity index (χ4n) is 5.11. The second kappa shape index (κ2) is 10.9. The zero-order chi connectivity index (χ0) is 29.5. The summed E-state index contributed by atoms with van der Waals surface area (Å²) >= 11 is 0. The van der Waals surface area contributed by atoms with Crippen LogP contribution in [-0.4, -0.2) is 83.3 Å². The number of halogens is 3. The summed E-state index contributed by atoms with van der Waals surface area (Å²) in [6.45, 7) is 7.98. The zero-order valence-corrected chi connectivity index (χ0v) is 23.1. The van der Waals surface area contributed by atoms with Crippen molar-refractivity contribution < 1.29 is 37.0 Å². The standard InChI is InChI=1S/C26H32F3N7O5/c1-14-20-22(34-21(31-14)23(37)32-15(2)26(27,28)29)36(16-6-5-9-35(20)11-16)24(38)33-19-10-17(7-8-30-19)39-12-18-13-40-25(3,4)41-18/h7-8,10,15-16,18H,5-6,9,11-13H2,1-4H3,(H,32,37)(H,30,33,38)/t15-,16+,18+/m1/s1. The van der Waals surface area contributed by atoms with Gasteiger partial charge < -0.3 is 24.4 Å². The highest BCUT2D eigenvalue weighted by atomic mass is 19.4. The summed E-state index contributed by atoms with van der Waals surface area (Å²) in [7, 11) is 0. The van der Waals surface area contributed by atoms with E-state index in [0.29, 0.717) is 43.2 Å². The minimum Gasteiger partial charge on any atom is -0.491 e. The minimum atomic E-state index is -4.63. The van der Waals surface area contributed by atoms with Crippen LogP contribution in [0.15, 0.2) is 18.3 Å². The first-order chi connectivity index (χ1) is 19.3. The predicted molar refractivity (Wildman–Crippen MR) is 141 cm³/mol. The number of piperidine rings is 1. The molecule has 0 spiro atoms. The molecule has 2 saturated heterocycles. The molecule has 5 rings (SSSR count). The molecule has 2 aromatic rings. The van der Waals surface area contributed by atoms with Crippen LogP contribution in [0.3, 0.4) is 0 Å². The number of urea groups is 1. The molecule has 2 aromatic heterocycles. The molecule has 0 radical (unpaired) electrons. The van der Waals surface area contributed by atoms with Crippen LogP contribution >= 0.6 is 0 Å². The highest BCUT2D eigenvalue weighted by Crippen LogP contribution is 2.40. The Balaban J connectivity index is 1.36. The van der Waals surface area contributed by atoms with E-state index in [4.69, 9.17) is 14.2 Å². The van der Waals surface area contributed by atoms with Crippen LogP contribution in [0.25, 0.3) is 0 Å². The molecule has 41 heavy (non-hydrogen) atoms. The first-order valence-corrected chi connectivity index (χ1v) is 13.3. The highest BCUT2D eigenvalue weighted by Gasteiger charge is 2.41. The Kier molecular flexibility index (Phi) is 7.68. The normalized spacial score (nSPS) is 22.1. The van der Waals surface area contributed by atoms with Crippen molar-refractivity contribution >= 4 is 29.3 Å². The lowest BCUT2D eigenvalue weighted by molar-refractivity contribution is -0.149. The molecule has 2 N–H and O–H groups in total. The Bertz CT molecular complexity index is 1320. The van der Waals surface area contributed by atoms with E-state index in [9.17, 15) is 22.8 Å². The Morgan fingerprint density at radius 3 is 2.78 bits per heavy atom. The number of ether oxygens (including phenoxy) is 3. The topological polar surface area (TPSA) is 131 Å². The molecule has 5 heterocycles. The van der Waals surface area contributed by atoms with Crippen molar-refractivity contribution in [2.24, 2.45) is 0 Å². The summed E-state index contributed by atoms with van der Waals surface area (Å²) in [5.74, 6) is -1.38. The molecular weight excluding hydrogens is 547 g/mol. The third-order valence-electron chi connectivity index (χ3n) is 7.08. The number of amides is 3. The number of carbonyl (C=O) groups excluding carboxylic acids is 2. The number of anilines is 3. The summed E-state index contributed by atoms with van der Waals surface area (Å²) in [6.07, 6.45) is -1.90. The van der Waals surface area contributed by atoms with Crippen molar-refractivity contribution in [2.75, 3.05) is 41.4 Å². The Hall–Kier alpha value is -3.72. The van der Waals surface area contributed by atoms with Crippen LogP contribution < -0.4 is 25.2 Å². The van der Waals surface area contributed by atoms with Gasteiger partial charge in [0, 0.05) is 25.4 Å². The lowest BCUT2D eigenvalue weighted by Crippen LogP contribution is -2.56. The van der Waals surface area contributed by atoms with Gasteiger partial charge in [0.15, 0.2) is 11.6 Å². The fraction of sp³-hybridized carbons (Fsp3) is 0.577. The molecule has 15 heteroatoms. The maximum Gasteiger partial charge on any atom is 0.408 e. The van der Waals surface area contributed by atoms with Gasteiger partial charge in [-0.05, 0) is 46.6 Å². The van der Waals surface area contributed by atoms with Gasteiger partial charge in [-0.1, -0.05) is 0 Å². The number of nitrogens with zero attached hydrogens (tertiary/aromatic N) is 5. The van der Waals surface area contributed by atoms with Gasteiger partial charge in [-0.2, -0.15) is 13.2 Å². The van der Waals surface area contributed by atoms with E-state index in [1.807, 2.05) is 24.1 Å². The van der Waals surface area contributed by atoms with E-state index >= 15 is 0 Å². The summed E-state index contributed by atoms with van der Waals surface area (Å²) in [6, 6.07) is 0.286. The van der Waals surface area contributed by atoms with Crippen molar-refractivity contribution in [3.63, 3.8) is 0 Å².